The topological polar surface area (TPSA) is 41.8 Å². The molecule has 0 radical (unpaired) electrons. The van der Waals surface area contributed by atoms with Gasteiger partial charge in [-0.25, -0.2) is 0 Å². The van der Waals surface area contributed by atoms with E-state index >= 15 is 0 Å². The highest BCUT2D eigenvalue weighted by atomic mass is 16.6. The SMILES string of the molecule is CC(=NOCC(C)O)C1Cc2ccccc21. The number of rotatable bonds is 4. The van der Waals surface area contributed by atoms with Gasteiger partial charge in [-0.2, -0.15) is 0 Å². The minimum absolute atomic E-state index is 0.256. The van der Waals surface area contributed by atoms with E-state index in [9.17, 15) is 0 Å². The quantitative estimate of drug-likeness (QED) is 0.622. The van der Waals surface area contributed by atoms with Gasteiger partial charge in [0.2, 0.25) is 0 Å². The van der Waals surface area contributed by atoms with E-state index < -0.39 is 6.10 Å². The third-order valence-electron chi connectivity index (χ3n) is 2.88. The van der Waals surface area contributed by atoms with Crippen LogP contribution in [0.25, 0.3) is 0 Å². The standard InChI is InChI=1S/C13H17NO2/c1-9(15)8-16-14-10(2)13-7-11-5-3-4-6-12(11)13/h3-6,9,13,15H,7-8H2,1-2H3. The summed E-state index contributed by atoms with van der Waals surface area (Å²) in [6, 6.07) is 8.40. The Labute approximate surface area is 95.7 Å². The second-order valence-corrected chi connectivity index (χ2v) is 4.33. The number of oxime groups is 1. The Morgan fingerprint density at radius 3 is 3.00 bits per heavy atom. The molecule has 1 aromatic rings. The summed E-state index contributed by atoms with van der Waals surface area (Å²) in [5.41, 5.74) is 3.74. The van der Waals surface area contributed by atoms with E-state index in [4.69, 9.17) is 9.94 Å². The molecular weight excluding hydrogens is 202 g/mol. The number of aliphatic hydroxyl groups excluding tert-OH is 1. The summed E-state index contributed by atoms with van der Waals surface area (Å²) in [6.07, 6.45) is 0.578. The van der Waals surface area contributed by atoms with E-state index in [2.05, 4.69) is 29.4 Å². The van der Waals surface area contributed by atoms with Crippen LogP contribution < -0.4 is 0 Å². The lowest BCUT2D eigenvalue weighted by Crippen LogP contribution is -2.23. The molecule has 1 aromatic carbocycles. The fraction of sp³-hybridized carbons (Fsp3) is 0.462. The van der Waals surface area contributed by atoms with E-state index in [-0.39, 0.29) is 6.61 Å². The molecule has 0 bridgehead atoms. The van der Waals surface area contributed by atoms with Gasteiger partial charge in [0.25, 0.3) is 0 Å². The molecule has 3 heteroatoms. The van der Waals surface area contributed by atoms with Crippen LogP contribution >= 0.6 is 0 Å². The molecule has 0 amide bonds. The fourth-order valence-corrected chi connectivity index (χ4v) is 1.94. The first kappa shape index (κ1) is 11.1. The molecule has 0 fully saturated rings. The maximum atomic E-state index is 9.04. The van der Waals surface area contributed by atoms with Gasteiger partial charge in [-0.05, 0) is 31.4 Å². The number of benzene rings is 1. The first-order chi connectivity index (χ1) is 7.68. The minimum Gasteiger partial charge on any atom is -0.393 e. The van der Waals surface area contributed by atoms with Crippen LogP contribution in [0.15, 0.2) is 29.4 Å². The lowest BCUT2D eigenvalue weighted by Gasteiger charge is -2.29. The second-order valence-electron chi connectivity index (χ2n) is 4.33. The van der Waals surface area contributed by atoms with Crippen LogP contribution in [0.2, 0.25) is 0 Å². The molecule has 3 nitrogen and oxygen atoms in total. The lowest BCUT2D eigenvalue weighted by molar-refractivity contribution is 0.0494. The summed E-state index contributed by atoms with van der Waals surface area (Å²) in [5, 5.41) is 13.1. The van der Waals surface area contributed by atoms with Crippen LogP contribution in [0, 0.1) is 0 Å². The predicted molar refractivity (Wildman–Crippen MR) is 63.6 cm³/mol. The largest absolute Gasteiger partial charge is 0.393 e. The van der Waals surface area contributed by atoms with Crippen LogP contribution in [0.4, 0.5) is 0 Å². The Hall–Kier alpha value is -1.35. The van der Waals surface area contributed by atoms with E-state index in [0.717, 1.165) is 12.1 Å². The van der Waals surface area contributed by atoms with E-state index in [1.165, 1.54) is 11.1 Å². The molecule has 1 aliphatic carbocycles. The van der Waals surface area contributed by atoms with Gasteiger partial charge in [-0.3, -0.25) is 0 Å². The van der Waals surface area contributed by atoms with Gasteiger partial charge >= 0.3 is 0 Å². The maximum Gasteiger partial charge on any atom is 0.142 e. The monoisotopic (exact) mass is 219 g/mol. The van der Waals surface area contributed by atoms with Gasteiger partial charge in [0.05, 0.1) is 11.8 Å². The van der Waals surface area contributed by atoms with Crippen molar-refractivity contribution in [3.63, 3.8) is 0 Å². The average molecular weight is 219 g/mol. The molecule has 2 rings (SSSR count). The molecular formula is C13H17NO2. The predicted octanol–water partition coefficient (Wildman–Crippen LogP) is 2.10. The number of hydrogen-bond acceptors (Lipinski definition) is 3. The third-order valence-corrected chi connectivity index (χ3v) is 2.88. The normalized spacial score (nSPS) is 20.9. The Bertz CT molecular complexity index is 399. The second kappa shape index (κ2) is 4.66. The van der Waals surface area contributed by atoms with Crippen molar-refractivity contribution in [1.29, 1.82) is 0 Å². The Morgan fingerprint density at radius 1 is 1.56 bits per heavy atom. The van der Waals surface area contributed by atoms with Crippen molar-refractivity contribution >= 4 is 5.71 Å². The molecule has 0 spiro atoms. The molecule has 0 aromatic heterocycles. The van der Waals surface area contributed by atoms with E-state index in [1.54, 1.807) is 6.92 Å². The van der Waals surface area contributed by atoms with Crippen molar-refractivity contribution in [1.82, 2.24) is 0 Å². The van der Waals surface area contributed by atoms with Gasteiger partial charge in [0.15, 0.2) is 0 Å². The fourth-order valence-electron chi connectivity index (χ4n) is 1.94. The Balaban J connectivity index is 1.96. The van der Waals surface area contributed by atoms with Crippen molar-refractivity contribution in [2.24, 2.45) is 5.16 Å². The van der Waals surface area contributed by atoms with Crippen LogP contribution in [0.1, 0.15) is 30.9 Å². The van der Waals surface area contributed by atoms with Gasteiger partial charge in [-0.15, -0.1) is 0 Å². The maximum absolute atomic E-state index is 9.04. The van der Waals surface area contributed by atoms with Crippen molar-refractivity contribution in [3.05, 3.63) is 35.4 Å². The first-order valence-corrected chi connectivity index (χ1v) is 5.61. The lowest BCUT2D eigenvalue weighted by atomic mass is 9.75. The van der Waals surface area contributed by atoms with Crippen LogP contribution in [-0.2, 0) is 11.3 Å². The molecule has 1 aliphatic rings. The molecule has 0 saturated heterocycles. The molecule has 0 saturated carbocycles. The zero-order valence-electron chi connectivity index (χ0n) is 9.68. The first-order valence-electron chi connectivity index (χ1n) is 5.61. The van der Waals surface area contributed by atoms with Crippen LogP contribution in [0.3, 0.4) is 0 Å². The summed E-state index contributed by atoms with van der Waals surface area (Å²) in [6.45, 7) is 3.91. The molecule has 16 heavy (non-hydrogen) atoms. The molecule has 2 unspecified atom stereocenters. The molecule has 86 valence electrons. The third kappa shape index (κ3) is 2.25. The highest BCUT2D eigenvalue weighted by molar-refractivity contribution is 5.91. The number of nitrogens with zero attached hydrogens (tertiary/aromatic N) is 1. The van der Waals surface area contributed by atoms with Gasteiger partial charge in [-0.1, -0.05) is 29.4 Å². The van der Waals surface area contributed by atoms with Crippen LogP contribution in [0.5, 0.6) is 0 Å². The summed E-state index contributed by atoms with van der Waals surface area (Å²) >= 11 is 0. The van der Waals surface area contributed by atoms with Crippen molar-refractivity contribution < 1.29 is 9.94 Å². The van der Waals surface area contributed by atoms with Gasteiger partial charge in [0, 0.05) is 5.92 Å². The van der Waals surface area contributed by atoms with E-state index in [0.29, 0.717) is 5.92 Å². The highest BCUT2D eigenvalue weighted by Crippen LogP contribution is 2.35. The van der Waals surface area contributed by atoms with Crippen molar-refractivity contribution in [2.45, 2.75) is 32.3 Å². The Kier molecular flexibility index (Phi) is 3.25. The van der Waals surface area contributed by atoms with Gasteiger partial charge in [0.1, 0.15) is 6.61 Å². The molecule has 2 atom stereocenters. The highest BCUT2D eigenvalue weighted by Gasteiger charge is 2.27. The number of aliphatic hydroxyl groups is 1. The van der Waals surface area contributed by atoms with Gasteiger partial charge < -0.3 is 9.94 Å². The van der Waals surface area contributed by atoms with E-state index in [1.807, 2.05) is 6.92 Å². The molecule has 0 aliphatic heterocycles. The summed E-state index contributed by atoms with van der Waals surface area (Å²) in [5.74, 6) is 0.394. The zero-order chi connectivity index (χ0) is 11.5. The summed E-state index contributed by atoms with van der Waals surface area (Å²) in [4.78, 5) is 5.07. The number of fused-ring (bicyclic) bond motifs is 1. The molecule has 0 heterocycles. The van der Waals surface area contributed by atoms with Crippen molar-refractivity contribution in [2.75, 3.05) is 6.61 Å². The minimum atomic E-state index is -0.467. The molecule has 1 N–H and O–H groups in total. The average Bonchev–Trinajstić information content (AvgIpc) is 2.19. The number of hydrogen-bond donors (Lipinski definition) is 1. The summed E-state index contributed by atoms with van der Waals surface area (Å²) < 4.78 is 0. The Morgan fingerprint density at radius 2 is 2.31 bits per heavy atom. The van der Waals surface area contributed by atoms with Crippen LogP contribution in [-0.4, -0.2) is 23.5 Å². The van der Waals surface area contributed by atoms with Crippen molar-refractivity contribution in [3.8, 4) is 0 Å². The summed E-state index contributed by atoms with van der Waals surface area (Å²) in [7, 11) is 0. The zero-order valence-corrected chi connectivity index (χ0v) is 9.68. The smallest absolute Gasteiger partial charge is 0.142 e.